The quantitative estimate of drug-likeness (QED) is 0.709. The first kappa shape index (κ1) is 19.9. The molecule has 1 aliphatic carbocycles. The maximum Gasteiger partial charge on any atom is 0.240 e. The number of nitrogens with one attached hydrogen (secondary N) is 1. The summed E-state index contributed by atoms with van der Waals surface area (Å²) in [5, 5.41) is 3.02. The van der Waals surface area contributed by atoms with Gasteiger partial charge >= 0.3 is 0 Å². The van der Waals surface area contributed by atoms with Crippen molar-refractivity contribution in [3.05, 3.63) is 35.4 Å². The van der Waals surface area contributed by atoms with Gasteiger partial charge < -0.3 is 15.8 Å². The Morgan fingerprint density at radius 1 is 1.32 bits per heavy atom. The van der Waals surface area contributed by atoms with E-state index >= 15 is 0 Å². The van der Waals surface area contributed by atoms with E-state index in [0.29, 0.717) is 25.5 Å². The minimum Gasteiger partial charge on any atom is -0.378 e. The second-order valence-electron chi connectivity index (χ2n) is 8.10. The van der Waals surface area contributed by atoms with E-state index in [1.54, 1.807) is 0 Å². The van der Waals surface area contributed by atoms with Gasteiger partial charge in [0.1, 0.15) is 5.54 Å². The number of benzene rings is 1. The van der Waals surface area contributed by atoms with E-state index in [2.05, 4.69) is 43.4 Å². The molecule has 2 atom stereocenters. The number of amides is 1. The van der Waals surface area contributed by atoms with Crippen molar-refractivity contribution in [1.82, 2.24) is 5.32 Å². The summed E-state index contributed by atoms with van der Waals surface area (Å²) in [6.07, 6.45) is 2.53. The lowest BCUT2D eigenvalue weighted by Crippen LogP contribution is -2.75. The topological polar surface area (TPSA) is 64.3 Å². The highest BCUT2D eigenvalue weighted by atomic mass is 16.5. The number of rotatable bonds is 8. The van der Waals surface area contributed by atoms with Crippen molar-refractivity contribution >= 4 is 5.91 Å². The maximum absolute atomic E-state index is 12.6. The molecule has 4 heteroatoms. The summed E-state index contributed by atoms with van der Waals surface area (Å²) >= 11 is 0. The number of hydrogen-bond donors (Lipinski definition) is 2. The van der Waals surface area contributed by atoms with Gasteiger partial charge in [0, 0.05) is 25.0 Å². The van der Waals surface area contributed by atoms with E-state index in [1.165, 1.54) is 11.1 Å². The van der Waals surface area contributed by atoms with Crippen LogP contribution in [0.3, 0.4) is 0 Å². The second-order valence-corrected chi connectivity index (χ2v) is 8.10. The zero-order chi connectivity index (χ0) is 18.7. The predicted octanol–water partition coefficient (Wildman–Crippen LogP) is 3.39. The van der Waals surface area contributed by atoms with E-state index in [-0.39, 0.29) is 17.4 Å². The van der Waals surface area contributed by atoms with Gasteiger partial charge in [-0.2, -0.15) is 0 Å². The van der Waals surface area contributed by atoms with Gasteiger partial charge in [-0.15, -0.1) is 0 Å². The molecule has 140 valence electrons. The standard InChI is InChI=1S/C21H34N2O2/c1-6-25-18-14-21(22,20(18,4)5)19(24)23-13-7-8-16-9-11-17(12-10-16)15(2)3/h9-12,15,18H,6-8,13-14,22H2,1-5H3,(H,23,24). The number of carbonyl (C=O) groups excluding carboxylic acids is 1. The summed E-state index contributed by atoms with van der Waals surface area (Å²) in [5.41, 5.74) is 7.90. The molecule has 0 bridgehead atoms. The minimum atomic E-state index is -0.828. The largest absolute Gasteiger partial charge is 0.378 e. The first-order valence-electron chi connectivity index (χ1n) is 9.50. The molecule has 4 nitrogen and oxygen atoms in total. The third-order valence-corrected chi connectivity index (χ3v) is 5.81. The maximum atomic E-state index is 12.6. The molecule has 0 aliphatic heterocycles. The van der Waals surface area contributed by atoms with Crippen LogP contribution in [-0.4, -0.2) is 30.7 Å². The average molecular weight is 347 g/mol. The van der Waals surface area contributed by atoms with Gasteiger partial charge in [0.25, 0.3) is 0 Å². The zero-order valence-corrected chi connectivity index (χ0v) is 16.4. The molecule has 0 radical (unpaired) electrons. The Balaban J connectivity index is 1.77. The Morgan fingerprint density at radius 3 is 2.48 bits per heavy atom. The first-order valence-corrected chi connectivity index (χ1v) is 9.50. The Hall–Kier alpha value is -1.39. The third-order valence-electron chi connectivity index (χ3n) is 5.81. The normalized spacial score (nSPS) is 24.8. The summed E-state index contributed by atoms with van der Waals surface area (Å²) in [6, 6.07) is 8.75. The van der Waals surface area contributed by atoms with Gasteiger partial charge in [-0.05, 0) is 36.8 Å². The summed E-state index contributed by atoms with van der Waals surface area (Å²) < 4.78 is 5.69. The van der Waals surface area contributed by atoms with Crippen molar-refractivity contribution in [3.8, 4) is 0 Å². The Bertz CT molecular complexity index is 580. The Morgan fingerprint density at radius 2 is 1.96 bits per heavy atom. The second kappa shape index (κ2) is 7.88. The van der Waals surface area contributed by atoms with Crippen LogP contribution in [0.4, 0.5) is 0 Å². The van der Waals surface area contributed by atoms with Crippen molar-refractivity contribution in [1.29, 1.82) is 0 Å². The van der Waals surface area contributed by atoms with Crippen LogP contribution < -0.4 is 11.1 Å². The molecule has 1 aromatic rings. The molecule has 1 aromatic carbocycles. The fourth-order valence-electron chi connectivity index (χ4n) is 3.54. The average Bonchev–Trinajstić information content (AvgIpc) is 2.58. The van der Waals surface area contributed by atoms with Crippen molar-refractivity contribution in [2.24, 2.45) is 11.1 Å². The van der Waals surface area contributed by atoms with Gasteiger partial charge in [0.05, 0.1) is 6.10 Å². The third kappa shape index (κ3) is 4.06. The number of hydrogen-bond acceptors (Lipinski definition) is 3. The number of carbonyl (C=O) groups is 1. The molecule has 2 rings (SSSR count). The number of nitrogens with two attached hydrogens (primary N) is 1. The molecule has 25 heavy (non-hydrogen) atoms. The van der Waals surface area contributed by atoms with Crippen LogP contribution in [-0.2, 0) is 16.0 Å². The molecule has 0 spiro atoms. The molecule has 3 N–H and O–H groups in total. The van der Waals surface area contributed by atoms with Crippen LogP contribution in [0.1, 0.15) is 64.5 Å². The molecule has 1 aliphatic rings. The lowest BCUT2D eigenvalue weighted by Gasteiger charge is -2.57. The summed E-state index contributed by atoms with van der Waals surface area (Å²) in [7, 11) is 0. The lowest BCUT2D eigenvalue weighted by molar-refractivity contribution is -0.170. The van der Waals surface area contributed by atoms with Crippen molar-refractivity contribution in [3.63, 3.8) is 0 Å². The molecule has 1 amide bonds. The van der Waals surface area contributed by atoms with E-state index in [0.717, 1.165) is 12.8 Å². The smallest absolute Gasteiger partial charge is 0.240 e. The number of ether oxygens (including phenoxy) is 1. The summed E-state index contributed by atoms with van der Waals surface area (Å²) in [5.74, 6) is 0.504. The van der Waals surface area contributed by atoms with Gasteiger partial charge in [-0.25, -0.2) is 0 Å². The van der Waals surface area contributed by atoms with Crippen LogP contribution in [0.15, 0.2) is 24.3 Å². The van der Waals surface area contributed by atoms with Gasteiger partial charge in [0.2, 0.25) is 5.91 Å². The van der Waals surface area contributed by atoms with Gasteiger partial charge in [-0.1, -0.05) is 52.0 Å². The van der Waals surface area contributed by atoms with Gasteiger partial charge in [0.15, 0.2) is 0 Å². The van der Waals surface area contributed by atoms with E-state index in [1.807, 2.05) is 20.8 Å². The van der Waals surface area contributed by atoms with Crippen LogP contribution in [0, 0.1) is 5.41 Å². The van der Waals surface area contributed by atoms with Crippen molar-refractivity contribution in [2.45, 2.75) is 71.4 Å². The molecular formula is C21H34N2O2. The molecule has 2 unspecified atom stereocenters. The van der Waals surface area contributed by atoms with Crippen molar-refractivity contribution in [2.75, 3.05) is 13.2 Å². The van der Waals surface area contributed by atoms with Crippen LogP contribution >= 0.6 is 0 Å². The minimum absolute atomic E-state index is 0.0522. The lowest BCUT2D eigenvalue weighted by atomic mass is 9.54. The number of aryl methyl sites for hydroxylation is 1. The summed E-state index contributed by atoms with van der Waals surface area (Å²) in [6.45, 7) is 11.7. The highest BCUT2D eigenvalue weighted by Gasteiger charge is 2.62. The fraction of sp³-hybridized carbons (Fsp3) is 0.667. The molecule has 1 saturated carbocycles. The van der Waals surface area contributed by atoms with E-state index < -0.39 is 5.54 Å². The summed E-state index contributed by atoms with van der Waals surface area (Å²) in [4.78, 5) is 12.6. The first-order chi connectivity index (χ1) is 11.7. The van der Waals surface area contributed by atoms with Crippen LogP contribution in [0.2, 0.25) is 0 Å². The predicted molar refractivity (Wildman–Crippen MR) is 103 cm³/mol. The highest BCUT2D eigenvalue weighted by molar-refractivity contribution is 5.88. The van der Waals surface area contributed by atoms with Crippen LogP contribution in [0.5, 0.6) is 0 Å². The van der Waals surface area contributed by atoms with Crippen LogP contribution in [0.25, 0.3) is 0 Å². The molecule has 1 fully saturated rings. The van der Waals surface area contributed by atoms with Gasteiger partial charge in [-0.3, -0.25) is 4.79 Å². The van der Waals surface area contributed by atoms with E-state index in [9.17, 15) is 4.79 Å². The molecule has 0 saturated heterocycles. The van der Waals surface area contributed by atoms with Crippen molar-refractivity contribution < 1.29 is 9.53 Å². The fourth-order valence-corrected chi connectivity index (χ4v) is 3.54. The Labute approximate surface area is 152 Å². The monoisotopic (exact) mass is 346 g/mol. The highest BCUT2D eigenvalue weighted by Crippen LogP contribution is 2.49. The SMILES string of the molecule is CCOC1CC(N)(C(=O)NCCCc2ccc(C(C)C)cc2)C1(C)C. The Kier molecular flexibility index (Phi) is 6.28. The molecular weight excluding hydrogens is 312 g/mol. The molecule has 0 aromatic heterocycles. The molecule has 0 heterocycles. The van der Waals surface area contributed by atoms with E-state index in [4.69, 9.17) is 10.5 Å². The zero-order valence-electron chi connectivity index (χ0n) is 16.4.